The van der Waals surface area contributed by atoms with Crippen molar-refractivity contribution < 1.29 is 54.1 Å². The van der Waals surface area contributed by atoms with Crippen molar-refractivity contribution in [2.45, 2.75) is 184 Å². The number of benzene rings is 4. The van der Waals surface area contributed by atoms with Crippen LogP contribution in [0.5, 0.6) is 34.5 Å². The number of H-pyrrole nitrogens is 1. The van der Waals surface area contributed by atoms with Crippen molar-refractivity contribution in [3.63, 3.8) is 0 Å². The molecular formula is C85H94N4O11. The van der Waals surface area contributed by atoms with Gasteiger partial charge in [0.15, 0.2) is 11.5 Å². The monoisotopic (exact) mass is 1350 g/mol. The third-order valence-electron chi connectivity index (χ3n) is 25.5. The average Bonchev–Trinajstić information content (AvgIpc) is 1.51. The number of hydrogen-bond donors (Lipinski definition) is 7. The molecule has 15 heteroatoms. The molecular weight excluding hydrogens is 1250 g/mol. The standard InChI is InChI=1S/C85H94N4O11/c1-51(91)99-64-25-29-85-59-13-7-14-60(85)16-9-19-71(85)69-47-86-46-68(69)66(18-8-15-59)79(56-12-6-17-61(92)37-56)57-26-32-87-78(40-57)88(33-27-75(95)55-10-4-3-5-11-55)72-23-22-67-80-70(72)48-89-73(43-63(94)41-64)58-38-76(96)81(77(39-58)98-2)100-65-36-52(35-62(93)42-65)20-21-54(49-90)34-53-24-28-83(44-53)30-31-84(50-83,82(67)97)45-74(80)89/h6-7,9,12-14,17,19,22-23,26,35-40,42,46-48,53-55,60,64,66,71,73,79,82,86-87,90,92-93,96-97H,3-5,10-11,15-16,20-21,24-25,27-34,41,43-45,49-50H2,1-2H3/t53-,54-,60+,64+,66-,71+,73+,79-,82-,83-,84-,85+/m0/s1. The quantitative estimate of drug-likeness (QED) is 0.0429. The van der Waals surface area contributed by atoms with Crippen LogP contribution < -0.4 is 19.7 Å². The van der Waals surface area contributed by atoms with Crippen molar-refractivity contribution >= 4 is 34.0 Å². The number of aromatic hydroxyl groups is 3. The summed E-state index contributed by atoms with van der Waals surface area (Å²) in [7, 11) is 1.52. The topological polar surface area (TPSA) is 216 Å². The summed E-state index contributed by atoms with van der Waals surface area (Å²) in [5, 5.41) is 65.4. The number of carbonyl (C=O) groups is 3. The van der Waals surface area contributed by atoms with Gasteiger partial charge in [-0.3, -0.25) is 14.4 Å². The number of carbonyl (C=O) groups excluding carboxylic acids is 3. The van der Waals surface area contributed by atoms with Crippen LogP contribution in [0.2, 0.25) is 0 Å². The third-order valence-corrected chi connectivity index (χ3v) is 25.5. The molecule has 12 atom stereocenters. The molecule has 6 heterocycles. The average molecular weight is 1350 g/mol. The first-order valence-electron chi connectivity index (χ1n) is 37.1. The number of aromatic nitrogens is 2. The highest BCUT2D eigenvalue weighted by atomic mass is 16.5. The maximum atomic E-state index is 16.0. The molecule has 11 aliphatic rings. The minimum atomic E-state index is -0.842. The van der Waals surface area contributed by atoms with E-state index in [4.69, 9.17) is 14.2 Å². The zero-order valence-corrected chi connectivity index (χ0v) is 57.7. The van der Waals surface area contributed by atoms with Crippen LogP contribution in [0, 0.1) is 51.8 Å². The number of dihydropyridines is 1. The van der Waals surface area contributed by atoms with Gasteiger partial charge >= 0.3 is 5.97 Å². The second-order valence-electron chi connectivity index (χ2n) is 31.3. The Morgan fingerprint density at radius 2 is 1.75 bits per heavy atom. The minimum absolute atomic E-state index is 0.000564. The summed E-state index contributed by atoms with van der Waals surface area (Å²) < 4.78 is 21.4. The number of aromatic amines is 1. The first kappa shape index (κ1) is 65.9. The van der Waals surface area contributed by atoms with Gasteiger partial charge in [-0.25, -0.2) is 0 Å². The summed E-state index contributed by atoms with van der Waals surface area (Å²) in [5.41, 5.74) is 8.08. The Hall–Kier alpha value is -8.71. The fourth-order valence-electron chi connectivity index (χ4n) is 21.0. The molecule has 15 nitrogen and oxygen atoms in total. The largest absolute Gasteiger partial charge is 0.508 e. The SMILES string of the molecule is COc1cc2cc(O)c1Oc1cc(O)cc(c1)CC[C@H](CO)C[C@@H]1CC[C@]3(CC[C@]4(Cc5c6c(ccc7c6cn5[C@@H]2CC(=O)C[C@H](OC(C)=O)CC[C@@]25C6=CC=C[C@@H]2CC=C[C@@H]5c2c[nH]cc2[C@H](C#CC6)[C@@H](c2cccc(O)c2)C2=CCNC(=C2)N7CCC(=O)C2CCCCC2)[C@@H]4O)C3)C1. The lowest BCUT2D eigenvalue weighted by atomic mass is 9.53. The molecule has 14 bridgehead atoms. The zero-order chi connectivity index (χ0) is 68.6. The highest BCUT2D eigenvalue weighted by Gasteiger charge is 2.57. The molecule has 2 aromatic heterocycles. The van der Waals surface area contributed by atoms with E-state index >= 15 is 4.79 Å². The van der Waals surface area contributed by atoms with Gasteiger partial charge in [0.05, 0.1) is 30.9 Å². The fourth-order valence-corrected chi connectivity index (χ4v) is 21.0. The number of ketones is 2. The van der Waals surface area contributed by atoms with E-state index in [2.05, 4.69) is 111 Å². The number of phenolic OH excluding ortho intramolecular Hbond substituents is 3. The van der Waals surface area contributed by atoms with E-state index in [1.165, 1.54) is 25.7 Å². The van der Waals surface area contributed by atoms with Crippen molar-refractivity contribution in [1.82, 2.24) is 14.9 Å². The predicted molar refractivity (Wildman–Crippen MR) is 384 cm³/mol. The van der Waals surface area contributed by atoms with Crippen LogP contribution in [0.15, 0.2) is 145 Å². The summed E-state index contributed by atoms with van der Waals surface area (Å²) in [6.07, 6.45) is 36.1. The second kappa shape index (κ2) is 26.7. The second-order valence-corrected chi connectivity index (χ2v) is 31.3. The number of allylic oxidation sites excluding steroid dienone is 8. The third kappa shape index (κ3) is 12.0. The number of nitrogens with zero attached hydrogens (tertiary/aromatic N) is 2. The molecule has 3 fully saturated rings. The molecule has 4 aromatic carbocycles. The van der Waals surface area contributed by atoms with Gasteiger partial charge in [0.1, 0.15) is 40.7 Å². The smallest absolute Gasteiger partial charge is 0.302 e. The Morgan fingerprint density at radius 1 is 0.880 bits per heavy atom. The minimum Gasteiger partial charge on any atom is -0.508 e. The van der Waals surface area contributed by atoms with Crippen molar-refractivity contribution in [2.75, 3.05) is 31.7 Å². The molecule has 520 valence electrons. The van der Waals surface area contributed by atoms with E-state index in [-0.39, 0.29) is 95.3 Å². The van der Waals surface area contributed by atoms with E-state index in [9.17, 15) is 35.1 Å². The number of methoxy groups -OCH3 is 1. The van der Waals surface area contributed by atoms with Crippen molar-refractivity contribution in [3.8, 4) is 46.3 Å². The van der Waals surface area contributed by atoms with Crippen LogP contribution in [0.3, 0.4) is 0 Å². The number of esters is 1. The van der Waals surface area contributed by atoms with E-state index < -0.39 is 46.9 Å². The van der Waals surface area contributed by atoms with Crippen molar-refractivity contribution in [1.29, 1.82) is 0 Å². The molecule has 0 radical (unpaired) electrons. The lowest BCUT2D eigenvalue weighted by Gasteiger charge is -2.50. The Morgan fingerprint density at radius 3 is 2.59 bits per heavy atom. The molecule has 0 unspecified atom stereocenters. The number of nitrogens with one attached hydrogen (secondary N) is 2. The first-order chi connectivity index (χ1) is 48.6. The molecule has 7 N–H and O–H groups in total. The number of aryl methyl sites for hydroxylation is 1. The molecule has 17 rings (SSSR count). The molecule has 6 aromatic rings. The summed E-state index contributed by atoms with van der Waals surface area (Å²) in [5.74, 6) is 7.98. The first-order valence-corrected chi connectivity index (χ1v) is 37.1. The van der Waals surface area contributed by atoms with Crippen LogP contribution in [0.1, 0.15) is 204 Å². The lowest BCUT2D eigenvalue weighted by molar-refractivity contribution is -0.148. The summed E-state index contributed by atoms with van der Waals surface area (Å²) in [6, 6.07) is 19.6. The Balaban J connectivity index is 0.930. The number of Topliss-reactive ketones (excluding diaryl/α,β-unsaturated/α-hetero) is 2. The summed E-state index contributed by atoms with van der Waals surface area (Å²) in [4.78, 5) is 50.3. The number of phenols is 3. The van der Waals surface area contributed by atoms with Crippen LogP contribution >= 0.6 is 0 Å². The maximum Gasteiger partial charge on any atom is 0.302 e. The van der Waals surface area contributed by atoms with Crippen LogP contribution in [-0.4, -0.2) is 85.5 Å². The normalized spacial score (nSPS) is 30.1. The van der Waals surface area contributed by atoms with E-state index in [0.717, 1.165) is 145 Å². The van der Waals surface area contributed by atoms with E-state index in [1.54, 1.807) is 18.2 Å². The Bertz CT molecular complexity index is 4450. The van der Waals surface area contributed by atoms with Crippen LogP contribution in [0.4, 0.5) is 5.69 Å². The molecule has 3 spiro atoms. The molecule has 0 saturated heterocycles. The van der Waals surface area contributed by atoms with Crippen molar-refractivity contribution in [2.24, 2.45) is 39.9 Å². The number of hydrogen-bond acceptors (Lipinski definition) is 13. The van der Waals surface area contributed by atoms with Gasteiger partial charge in [-0.1, -0.05) is 91.3 Å². The van der Waals surface area contributed by atoms with E-state index in [1.807, 2.05) is 24.3 Å². The molecule has 4 aliphatic heterocycles. The van der Waals surface area contributed by atoms with Gasteiger partial charge in [0, 0.05) is 122 Å². The summed E-state index contributed by atoms with van der Waals surface area (Å²) in [6.45, 7) is 2.24. The number of aliphatic hydroxyl groups excluding tert-OH is 2. The van der Waals surface area contributed by atoms with Gasteiger partial charge in [0.2, 0.25) is 5.75 Å². The lowest BCUT2D eigenvalue weighted by Crippen LogP contribution is -2.41. The van der Waals surface area contributed by atoms with Crippen LogP contribution in [-0.2, 0) is 32.0 Å². The van der Waals surface area contributed by atoms with Gasteiger partial charge in [-0.15, -0.1) is 0 Å². The molecule has 100 heavy (non-hydrogen) atoms. The molecule has 7 aliphatic carbocycles. The Labute approximate surface area is 586 Å². The fraction of sp³-hybridized carbons (Fsp3) is 0.471. The number of fused-ring (bicyclic) bond motifs is 6. The van der Waals surface area contributed by atoms with Gasteiger partial charge < -0.3 is 59.5 Å². The van der Waals surface area contributed by atoms with E-state index in [0.29, 0.717) is 68.8 Å². The Kier molecular flexibility index (Phi) is 17.6. The molecule has 0 amide bonds. The number of rotatable bonds is 8. The highest BCUT2D eigenvalue weighted by Crippen LogP contribution is 2.67. The zero-order valence-electron chi connectivity index (χ0n) is 57.7. The number of ether oxygens (including phenoxy) is 3. The van der Waals surface area contributed by atoms with Gasteiger partial charge in [0.25, 0.3) is 0 Å². The maximum absolute atomic E-state index is 16.0. The van der Waals surface area contributed by atoms with Crippen molar-refractivity contribution in [3.05, 3.63) is 184 Å². The highest BCUT2D eigenvalue weighted by molar-refractivity contribution is 6.01. The van der Waals surface area contributed by atoms with Gasteiger partial charge in [-0.05, 0) is 207 Å². The number of aliphatic hydroxyl groups is 2. The summed E-state index contributed by atoms with van der Waals surface area (Å²) >= 11 is 0. The van der Waals surface area contributed by atoms with Crippen LogP contribution in [0.25, 0.3) is 10.8 Å². The number of anilines is 1. The predicted octanol–water partition coefficient (Wildman–Crippen LogP) is 15.9. The molecule has 3 saturated carbocycles. The van der Waals surface area contributed by atoms with Gasteiger partial charge in [-0.2, -0.15) is 0 Å².